The minimum Gasteiger partial charge on any atom is -0.312 e. The molecular formula is C14H21NS2. The van der Waals surface area contributed by atoms with Crippen LogP contribution in [0.15, 0.2) is 24.3 Å². The Hall–Kier alpha value is -0.120. The number of rotatable bonds is 5. The summed E-state index contributed by atoms with van der Waals surface area (Å²) >= 11 is 4.22. The molecule has 94 valence electrons. The van der Waals surface area contributed by atoms with Crippen LogP contribution >= 0.6 is 23.5 Å². The first kappa shape index (κ1) is 13.3. The zero-order valence-electron chi connectivity index (χ0n) is 10.4. The van der Waals surface area contributed by atoms with Gasteiger partial charge in [0.2, 0.25) is 0 Å². The Balaban J connectivity index is 1.77. The van der Waals surface area contributed by atoms with Crippen molar-refractivity contribution in [1.29, 1.82) is 0 Å². The van der Waals surface area contributed by atoms with Crippen LogP contribution in [0, 0.1) is 0 Å². The van der Waals surface area contributed by atoms with Crippen molar-refractivity contribution in [2.24, 2.45) is 0 Å². The van der Waals surface area contributed by atoms with Crippen molar-refractivity contribution in [3.05, 3.63) is 35.4 Å². The maximum atomic E-state index is 3.61. The third-order valence-corrected chi connectivity index (χ3v) is 5.92. The van der Waals surface area contributed by atoms with Gasteiger partial charge in [0.1, 0.15) is 0 Å². The van der Waals surface area contributed by atoms with Crippen LogP contribution in [-0.2, 0) is 13.0 Å². The van der Waals surface area contributed by atoms with Gasteiger partial charge in [0.15, 0.2) is 0 Å². The summed E-state index contributed by atoms with van der Waals surface area (Å²) in [6, 6.07) is 8.76. The molecule has 1 aromatic carbocycles. The van der Waals surface area contributed by atoms with Crippen LogP contribution in [-0.4, -0.2) is 29.1 Å². The van der Waals surface area contributed by atoms with Gasteiger partial charge >= 0.3 is 0 Å². The third kappa shape index (κ3) is 4.23. The molecule has 1 atom stereocenters. The summed E-state index contributed by atoms with van der Waals surface area (Å²) in [6.07, 6.45) is 1.13. The van der Waals surface area contributed by atoms with E-state index in [0.29, 0.717) is 0 Å². The highest BCUT2D eigenvalue weighted by Crippen LogP contribution is 2.23. The highest BCUT2D eigenvalue weighted by atomic mass is 32.2. The summed E-state index contributed by atoms with van der Waals surface area (Å²) in [5.41, 5.74) is 2.94. The second kappa shape index (κ2) is 7.34. The molecule has 0 aromatic heterocycles. The maximum Gasteiger partial charge on any atom is 0.0263 e. The van der Waals surface area contributed by atoms with Crippen LogP contribution in [0.5, 0.6) is 0 Å². The number of nitrogens with one attached hydrogen (secondary N) is 1. The zero-order valence-corrected chi connectivity index (χ0v) is 12.1. The van der Waals surface area contributed by atoms with Crippen LogP contribution in [0.3, 0.4) is 0 Å². The molecule has 1 aromatic rings. The third-order valence-electron chi connectivity index (χ3n) is 3.07. The molecule has 0 bridgehead atoms. The van der Waals surface area contributed by atoms with E-state index in [9.17, 15) is 0 Å². The fourth-order valence-corrected chi connectivity index (χ4v) is 4.74. The van der Waals surface area contributed by atoms with Crippen molar-refractivity contribution in [3.63, 3.8) is 0 Å². The van der Waals surface area contributed by atoms with E-state index in [2.05, 4.69) is 60.0 Å². The Morgan fingerprint density at radius 2 is 2.06 bits per heavy atom. The average Bonchev–Trinajstić information content (AvgIpc) is 2.40. The number of aryl methyl sites for hydroxylation is 1. The van der Waals surface area contributed by atoms with Gasteiger partial charge in [-0.25, -0.2) is 0 Å². The number of thioether (sulfide) groups is 2. The summed E-state index contributed by atoms with van der Waals surface area (Å²) in [5.74, 6) is 3.97. The number of benzene rings is 1. The second-order valence-electron chi connectivity index (χ2n) is 4.32. The van der Waals surface area contributed by atoms with E-state index in [-0.39, 0.29) is 0 Å². The molecule has 0 radical (unpaired) electrons. The van der Waals surface area contributed by atoms with Crippen molar-refractivity contribution in [1.82, 2.24) is 5.32 Å². The van der Waals surface area contributed by atoms with E-state index in [0.717, 1.165) is 24.8 Å². The molecule has 0 spiro atoms. The second-order valence-corrected chi connectivity index (χ2v) is 6.88. The topological polar surface area (TPSA) is 12.0 Å². The highest BCUT2D eigenvalue weighted by molar-refractivity contribution is 8.06. The van der Waals surface area contributed by atoms with Gasteiger partial charge in [-0.2, -0.15) is 23.5 Å². The molecule has 0 saturated carbocycles. The fourth-order valence-electron chi connectivity index (χ4n) is 2.10. The Morgan fingerprint density at radius 1 is 1.24 bits per heavy atom. The van der Waals surface area contributed by atoms with Crippen LogP contribution in [0.4, 0.5) is 0 Å². The Labute approximate surface area is 113 Å². The van der Waals surface area contributed by atoms with Gasteiger partial charge < -0.3 is 5.32 Å². The normalized spacial score (nSPS) is 20.4. The molecule has 3 heteroatoms. The molecule has 0 aliphatic carbocycles. The standard InChI is InChI=1S/C14H21NS2/c1-2-12-5-3-4-6-13(12)9-15-10-14-11-16-7-8-17-14/h3-6,14-15H,2,7-11H2,1H3. The van der Waals surface area contributed by atoms with Crippen LogP contribution in [0.1, 0.15) is 18.1 Å². The molecule has 1 N–H and O–H groups in total. The van der Waals surface area contributed by atoms with Gasteiger partial charge in [0.25, 0.3) is 0 Å². The Bertz CT molecular complexity index is 335. The summed E-state index contributed by atoms with van der Waals surface area (Å²) in [4.78, 5) is 0. The van der Waals surface area contributed by atoms with Gasteiger partial charge in [-0.3, -0.25) is 0 Å². The molecule has 0 amide bonds. The van der Waals surface area contributed by atoms with E-state index in [4.69, 9.17) is 0 Å². The van der Waals surface area contributed by atoms with Gasteiger partial charge in [0, 0.05) is 35.6 Å². The summed E-state index contributed by atoms with van der Waals surface area (Å²) in [7, 11) is 0. The van der Waals surface area contributed by atoms with E-state index >= 15 is 0 Å². The molecule has 17 heavy (non-hydrogen) atoms. The predicted octanol–water partition coefficient (Wildman–Crippen LogP) is 3.19. The lowest BCUT2D eigenvalue weighted by Crippen LogP contribution is -2.28. The van der Waals surface area contributed by atoms with Gasteiger partial charge in [-0.15, -0.1) is 0 Å². The smallest absolute Gasteiger partial charge is 0.0263 e. The van der Waals surface area contributed by atoms with Crippen LogP contribution < -0.4 is 5.32 Å². The van der Waals surface area contributed by atoms with Crippen molar-refractivity contribution in [3.8, 4) is 0 Å². The van der Waals surface area contributed by atoms with Crippen molar-refractivity contribution in [2.45, 2.75) is 25.1 Å². The SMILES string of the molecule is CCc1ccccc1CNCC1CSCCS1. The maximum absolute atomic E-state index is 3.61. The lowest BCUT2D eigenvalue weighted by molar-refractivity contribution is 0.682. The Kier molecular flexibility index (Phi) is 5.75. The number of hydrogen-bond acceptors (Lipinski definition) is 3. The molecule has 1 aliphatic heterocycles. The van der Waals surface area contributed by atoms with Crippen molar-refractivity contribution < 1.29 is 0 Å². The lowest BCUT2D eigenvalue weighted by atomic mass is 10.1. The molecule has 1 heterocycles. The molecule has 1 fully saturated rings. The van der Waals surface area contributed by atoms with E-state index in [1.165, 1.54) is 28.4 Å². The summed E-state index contributed by atoms with van der Waals surface area (Å²) in [5, 5.41) is 4.42. The van der Waals surface area contributed by atoms with Crippen LogP contribution in [0.25, 0.3) is 0 Å². The van der Waals surface area contributed by atoms with E-state index in [1.807, 2.05) is 0 Å². The first-order valence-electron chi connectivity index (χ1n) is 6.37. The first-order chi connectivity index (χ1) is 8.40. The van der Waals surface area contributed by atoms with Gasteiger partial charge in [-0.1, -0.05) is 31.2 Å². The number of hydrogen-bond donors (Lipinski definition) is 1. The summed E-state index contributed by atoms with van der Waals surface area (Å²) in [6.45, 7) is 4.40. The first-order valence-corrected chi connectivity index (χ1v) is 8.57. The molecule has 1 aliphatic rings. The van der Waals surface area contributed by atoms with E-state index < -0.39 is 0 Å². The minimum atomic E-state index is 0.808. The summed E-state index contributed by atoms with van der Waals surface area (Å²) < 4.78 is 0. The largest absolute Gasteiger partial charge is 0.312 e. The average molecular weight is 267 g/mol. The fraction of sp³-hybridized carbons (Fsp3) is 0.571. The quantitative estimate of drug-likeness (QED) is 0.880. The van der Waals surface area contributed by atoms with Gasteiger partial charge in [-0.05, 0) is 17.5 Å². The molecule has 1 unspecified atom stereocenters. The monoisotopic (exact) mass is 267 g/mol. The predicted molar refractivity (Wildman–Crippen MR) is 81.1 cm³/mol. The molecular weight excluding hydrogens is 246 g/mol. The van der Waals surface area contributed by atoms with Crippen molar-refractivity contribution in [2.75, 3.05) is 23.8 Å². The lowest BCUT2D eigenvalue weighted by Gasteiger charge is -2.21. The molecule has 2 rings (SSSR count). The zero-order chi connectivity index (χ0) is 11.9. The minimum absolute atomic E-state index is 0.808. The van der Waals surface area contributed by atoms with Crippen LogP contribution in [0.2, 0.25) is 0 Å². The Morgan fingerprint density at radius 3 is 2.76 bits per heavy atom. The highest BCUT2D eigenvalue weighted by Gasteiger charge is 2.13. The molecule has 1 nitrogen and oxygen atoms in total. The van der Waals surface area contributed by atoms with Gasteiger partial charge in [0.05, 0.1) is 0 Å². The molecule has 1 saturated heterocycles. The van der Waals surface area contributed by atoms with Crippen molar-refractivity contribution >= 4 is 23.5 Å². The van der Waals surface area contributed by atoms with E-state index in [1.54, 1.807) is 0 Å².